The second-order valence-corrected chi connectivity index (χ2v) is 8.40. The monoisotopic (exact) mass is 620 g/mol. The van der Waals surface area contributed by atoms with Crippen molar-refractivity contribution < 1.29 is 70.6 Å². The molecule has 0 fully saturated rings. The lowest BCUT2D eigenvalue weighted by atomic mass is 9.92. The van der Waals surface area contributed by atoms with Crippen molar-refractivity contribution in [2.75, 3.05) is 7.11 Å². The van der Waals surface area contributed by atoms with Crippen LogP contribution in [0, 0.1) is 64.2 Å². The standard InChI is InChI=1S/C26H7F15O/c1-42-9-5-2-8(3-6-9)4-7-10-15(27)17(29)11(18(30)16(10)28)13-14(25(38,39)26(40,41)24(13,36)37)12-19(31)21(33)23(35)22(34)20(12)32/h2-3,5-6H,1H3. The molecule has 1 nitrogen and oxygen atoms in total. The second kappa shape index (κ2) is 9.92. The van der Waals surface area contributed by atoms with E-state index >= 15 is 8.78 Å². The van der Waals surface area contributed by atoms with Crippen molar-refractivity contribution in [2.45, 2.75) is 17.8 Å². The van der Waals surface area contributed by atoms with Crippen molar-refractivity contribution in [3.63, 3.8) is 0 Å². The number of hydrogen-bond donors (Lipinski definition) is 0. The first-order valence-corrected chi connectivity index (χ1v) is 10.8. The van der Waals surface area contributed by atoms with E-state index in [1.807, 2.05) is 5.92 Å². The smallest absolute Gasteiger partial charge is 0.380 e. The number of rotatable bonds is 3. The Balaban J connectivity index is 2.11. The van der Waals surface area contributed by atoms with Crippen molar-refractivity contribution in [3.8, 4) is 17.6 Å². The second-order valence-electron chi connectivity index (χ2n) is 8.40. The summed E-state index contributed by atoms with van der Waals surface area (Å²) >= 11 is 0. The SMILES string of the molecule is COc1ccc(C#Cc2c(F)c(F)c(C3=C(c4c(F)c(F)c(F)c(F)c4F)C(F)(F)C(F)(F)C3(F)F)c(F)c2F)cc1. The van der Waals surface area contributed by atoms with Gasteiger partial charge in [0.1, 0.15) is 11.3 Å². The Hall–Kier alpha value is -4.29. The Bertz CT molecular complexity index is 1670. The minimum Gasteiger partial charge on any atom is -0.497 e. The highest BCUT2D eigenvalue weighted by Crippen LogP contribution is 2.65. The summed E-state index contributed by atoms with van der Waals surface area (Å²) in [5.74, 6) is -43.9. The minimum absolute atomic E-state index is 0.0857. The van der Waals surface area contributed by atoms with Crippen LogP contribution in [0.1, 0.15) is 22.3 Å². The predicted molar refractivity (Wildman–Crippen MR) is 113 cm³/mol. The highest BCUT2D eigenvalue weighted by Gasteiger charge is 2.81. The van der Waals surface area contributed by atoms with Gasteiger partial charge >= 0.3 is 17.8 Å². The number of allylic oxidation sites excluding steroid dienone is 2. The van der Waals surface area contributed by atoms with Gasteiger partial charge in [-0.15, -0.1) is 0 Å². The van der Waals surface area contributed by atoms with E-state index in [0.29, 0.717) is 0 Å². The number of benzene rings is 3. The maximum absolute atomic E-state index is 15.0. The van der Waals surface area contributed by atoms with E-state index in [1.165, 1.54) is 31.4 Å². The van der Waals surface area contributed by atoms with Crippen molar-refractivity contribution in [2.24, 2.45) is 0 Å². The first-order chi connectivity index (χ1) is 19.3. The van der Waals surface area contributed by atoms with Gasteiger partial charge in [0.25, 0.3) is 0 Å². The fraction of sp³-hybridized carbons (Fsp3) is 0.154. The number of ether oxygens (including phenoxy) is 1. The average molecular weight is 620 g/mol. The van der Waals surface area contributed by atoms with Crippen LogP contribution in [0.5, 0.6) is 5.75 Å². The molecule has 0 N–H and O–H groups in total. The topological polar surface area (TPSA) is 9.23 Å². The van der Waals surface area contributed by atoms with E-state index in [1.54, 1.807) is 5.92 Å². The molecule has 16 heteroatoms. The molecule has 0 aromatic heterocycles. The molecule has 0 aliphatic heterocycles. The Labute approximate surface area is 223 Å². The zero-order valence-corrected chi connectivity index (χ0v) is 19.9. The summed E-state index contributed by atoms with van der Waals surface area (Å²) < 4.78 is 222. The van der Waals surface area contributed by atoms with Gasteiger partial charge in [-0.2, -0.15) is 26.3 Å². The zero-order chi connectivity index (χ0) is 31.7. The Morgan fingerprint density at radius 2 is 0.857 bits per heavy atom. The van der Waals surface area contributed by atoms with Gasteiger partial charge in [0.2, 0.25) is 5.82 Å². The van der Waals surface area contributed by atoms with Gasteiger partial charge < -0.3 is 4.74 Å². The molecule has 4 rings (SSSR count). The van der Waals surface area contributed by atoms with Crippen LogP contribution >= 0.6 is 0 Å². The fourth-order valence-electron chi connectivity index (χ4n) is 3.98. The van der Waals surface area contributed by atoms with Crippen LogP contribution in [0.2, 0.25) is 0 Å². The molecule has 0 saturated carbocycles. The summed E-state index contributed by atoms with van der Waals surface area (Å²) in [5, 5.41) is 0. The molecule has 0 bridgehead atoms. The third-order valence-electron chi connectivity index (χ3n) is 6.06. The lowest BCUT2D eigenvalue weighted by Crippen LogP contribution is -2.49. The van der Waals surface area contributed by atoms with E-state index < -0.39 is 98.0 Å². The average Bonchev–Trinajstić information content (AvgIpc) is 3.04. The van der Waals surface area contributed by atoms with Crippen molar-refractivity contribution >= 4 is 11.1 Å². The molecule has 0 amide bonds. The molecule has 3 aromatic carbocycles. The summed E-state index contributed by atoms with van der Waals surface area (Å²) in [5.41, 5.74) is -15.1. The van der Waals surface area contributed by atoms with Gasteiger partial charge in [-0.05, 0) is 24.3 Å². The molecular weight excluding hydrogens is 613 g/mol. The van der Waals surface area contributed by atoms with Crippen molar-refractivity contribution in [1.82, 2.24) is 0 Å². The molecule has 1 aliphatic carbocycles. The Kier molecular flexibility index (Phi) is 7.24. The third kappa shape index (κ3) is 4.08. The largest absolute Gasteiger partial charge is 0.497 e. The lowest BCUT2D eigenvalue weighted by Gasteiger charge is -2.26. The van der Waals surface area contributed by atoms with Crippen molar-refractivity contribution in [1.29, 1.82) is 0 Å². The van der Waals surface area contributed by atoms with E-state index in [4.69, 9.17) is 4.74 Å². The van der Waals surface area contributed by atoms with Gasteiger partial charge in [0.05, 0.1) is 29.4 Å². The molecule has 1 aliphatic rings. The van der Waals surface area contributed by atoms with Crippen molar-refractivity contribution in [3.05, 3.63) is 98.9 Å². The van der Waals surface area contributed by atoms with Crippen LogP contribution < -0.4 is 4.74 Å². The minimum atomic E-state index is -6.89. The summed E-state index contributed by atoms with van der Waals surface area (Å²) in [4.78, 5) is 0. The number of hydrogen-bond acceptors (Lipinski definition) is 1. The molecule has 0 atom stereocenters. The maximum atomic E-state index is 15.0. The van der Waals surface area contributed by atoms with Gasteiger partial charge in [0, 0.05) is 5.56 Å². The summed E-state index contributed by atoms with van der Waals surface area (Å²) in [6, 6.07) is 4.90. The molecular formula is C26H7F15O. The summed E-state index contributed by atoms with van der Waals surface area (Å²) in [7, 11) is 1.27. The highest BCUT2D eigenvalue weighted by molar-refractivity contribution is 6.01. The molecule has 0 saturated heterocycles. The van der Waals surface area contributed by atoms with Gasteiger partial charge in [0.15, 0.2) is 46.5 Å². The zero-order valence-electron chi connectivity index (χ0n) is 19.9. The van der Waals surface area contributed by atoms with Crippen LogP contribution in [-0.2, 0) is 0 Å². The van der Waals surface area contributed by atoms with E-state index in [9.17, 15) is 57.1 Å². The van der Waals surface area contributed by atoms with Gasteiger partial charge in [-0.25, -0.2) is 39.5 Å². The lowest BCUT2D eigenvalue weighted by molar-refractivity contribution is -0.254. The predicted octanol–water partition coefficient (Wildman–Crippen LogP) is 8.18. The van der Waals surface area contributed by atoms with E-state index in [0.717, 1.165) is 0 Å². The Morgan fingerprint density at radius 3 is 1.24 bits per heavy atom. The number of halogens is 15. The molecule has 0 unspecified atom stereocenters. The van der Waals surface area contributed by atoms with E-state index in [2.05, 4.69) is 0 Å². The summed E-state index contributed by atoms with van der Waals surface area (Å²) in [6.07, 6.45) is 0. The van der Waals surface area contributed by atoms with Crippen LogP contribution in [-0.4, -0.2) is 24.9 Å². The highest BCUT2D eigenvalue weighted by atomic mass is 19.3. The van der Waals surface area contributed by atoms with Crippen LogP contribution in [0.15, 0.2) is 24.3 Å². The number of alkyl halides is 6. The van der Waals surface area contributed by atoms with Gasteiger partial charge in [-0.3, -0.25) is 0 Å². The van der Waals surface area contributed by atoms with Crippen LogP contribution in [0.3, 0.4) is 0 Å². The van der Waals surface area contributed by atoms with Gasteiger partial charge in [-0.1, -0.05) is 11.8 Å². The molecule has 0 heterocycles. The number of methoxy groups -OCH3 is 1. The summed E-state index contributed by atoms with van der Waals surface area (Å²) in [6.45, 7) is 0. The Morgan fingerprint density at radius 1 is 0.500 bits per heavy atom. The normalized spacial score (nSPS) is 16.9. The quantitative estimate of drug-likeness (QED) is 0.124. The molecule has 42 heavy (non-hydrogen) atoms. The molecule has 222 valence electrons. The van der Waals surface area contributed by atoms with Crippen LogP contribution in [0.4, 0.5) is 65.9 Å². The molecule has 0 spiro atoms. The van der Waals surface area contributed by atoms with E-state index in [-0.39, 0.29) is 11.3 Å². The van der Waals surface area contributed by atoms with Crippen LogP contribution in [0.25, 0.3) is 11.1 Å². The molecule has 0 radical (unpaired) electrons. The fourth-order valence-corrected chi connectivity index (χ4v) is 3.98. The maximum Gasteiger partial charge on any atom is 0.380 e. The third-order valence-corrected chi connectivity index (χ3v) is 6.06. The first kappa shape index (κ1) is 30.7. The first-order valence-electron chi connectivity index (χ1n) is 10.8. The molecule has 3 aromatic rings.